The molecule has 1 unspecified atom stereocenters. The fraction of sp³-hybridized carbons (Fsp3) is 0.441. The summed E-state index contributed by atoms with van der Waals surface area (Å²) >= 11 is 0. The monoisotopic (exact) mass is 585 g/mol. The van der Waals surface area contributed by atoms with E-state index in [-0.39, 0.29) is 36.8 Å². The highest BCUT2D eigenvalue weighted by atomic mass is 16.5. The Balaban J connectivity index is 1.50. The molecule has 2 aromatic carbocycles. The Kier molecular flexibility index (Phi) is 7.42. The van der Waals surface area contributed by atoms with Crippen LogP contribution in [-0.4, -0.2) is 77.8 Å². The van der Waals surface area contributed by atoms with Gasteiger partial charge in [0.25, 0.3) is 5.91 Å². The molecule has 2 aromatic rings. The van der Waals surface area contributed by atoms with Gasteiger partial charge in [-0.1, -0.05) is 62.8 Å². The number of para-hydroxylation sites is 1. The van der Waals surface area contributed by atoms with Gasteiger partial charge < -0.3 is 29.3 Å². The van der Waals surface area contributed by atoms with Crippen LogP contribution in [0.3, 0.4) is 0 Å². The Hall–Kier alpha value is -3.95. The summed E-state index contributed by atoms with van der Waals surface area (Å²) in [5.74, 6) is -2.17. The van der Waals surface area contributed by atoms with Crippen LogP contribution in [0.4, 0.5) is 11.4 Å². The van der Waals surface area contributed by atoms with E-state index in [1.165, 1.54) is 0 Å². The predicted octanol–water partition coefficient (Wildman–Crippen LogP) is 3.58. The molecule has 9 nitrogen and oxygen atoms in total. The first-order valence-electron chi connectivity index (χ1n) is 15.0. The van der Waals surface area contributed by atoms with Crippen molar-refractivity contribution in [2.45, 2.75) is 50.5 Å². The number of benzene rings is 2. The van der Waals surface area contributed by atoms with Crippen LogP contribution in [-0.2, 0) is 19.1 Å². The molecule has 4 aliphatic heterocycles. The SMILES string of the molecule is CC[C@H](C)[C@H](CO)N1C(=O)[C@@H]2[C@@H]3C(=O)N(c4ccccc4)CC=C[C@]3(C)O[C@@]23C=CCN(c2ccc(OC)cc2)C(=O)C13. The fourth-order valence-corrected chi connectivity index (χ4v) is 7.47. The highest BCUT2D eigenvalue weighted by molar-refractivity contribution is 6.07. The van der Waals surface area contributed by atoms with E-state index in [0.29, 0.717) is 24.4 Å². The summed E-state index contributed by atoms with van der Waals surface area (Å²) < 4.78 is 12.3. The molecule has 6 rings (SSSR count). The minimum Gasteiger partial charge on any atom is -0.497 e. The molecule has 43 heavy (non-hydrogen) atoms. The number of hydrogen-bond donors (Lipinski definition) is 1. The fourth-order valence-electron chi connectivity index (χ4n) is 7.47. The van der Waals surface area contributed by atoms with E-state index in [1.54, 1.807) is 33.9 Å². The van der Waals surface area contributed by atoms with Crippen LogP contribution >= 0.6 is 0 Å². The van der Waals surface area contributed by atoms with Crippen LogP contribution in [0, 0.1) is 17.8 Å². The van der Waals surface area contributed by atoms with E-state index in [2.05, 4.69) is 0 Å². The number of carbonyl (C=O) groups is 3. The first-order valence-corrected chi connectivity index (χ1v) is 15.0. The van der Waals surface area contributed by atoms with Crippen LogP contribution in [0.25, 0.3) is 0 Å². The molecular formula is C34H39N3O6. The number of ether oxygens (including phenoxy) is 2. The van der Waals surface area contributed by atoms with Gasteiger partial charge in [-0.15, -0.1) is 0 Å². The van der Waals surface area contributed by atoms with E-state index in [1.807, 2.05) is 87.5 Å². The summed E-state index contributed by atoms with van der Waals surface area (Å²) in [6, 6.07) is 14.9. The zero-order valence-electron chi connectivity index (χ0n) is 25.1. The number of carbonyl (C=O) groups excluding carboxylic acids is 3. The lowest BCUT2D eigenvalue weighted by Crippen LogP contribution is -2.60. The van der Waals surface area contributed by atoms with Gasteiger partial charge in [-0.25, -0.2) is 0 Å². The lowest BCUT2D eigenvalue weighted by atomic mass is 9.74. The maximum absolute atomic E-state index is 14.8. The van der Waals surface area contributed by atoms with Gasteiger partial charge in [0.15, 0.2) is 0 Å². The zero-order valence-corrected chi connectivity index (χ0v) is 25.1. The normalized spacial score (nSPS) is 31.3. The first-order chi connectivity index (χ1) is 20.7. The number of rotatable bonds is 7. The molecule has 4 heterocycles. The quantitative estimate of drug-likeness (QED) is 0.499. The number of fused-ring (bicyclic) bond motifs is 2. The second-order valence-corrected chi connectivity index (χ2v) is 12.1. The molecule has 0 saturated carbocycles. The van der Waals surface area contributed by atoms with Gasteiger partial charge in [-0.2, -0.15) is 0 Å². The van der Waals surface area contributed by atoms with E-state index in [9.17, 15) is 19.5 Å². The molecule has 0 aliphatic carbocycles. The summed E-state index contributed by atoms with van der Waals surface area (Å²) in [5.41, 5.74) is -1.16. The molecule has 2 saturated heterocycles. The van der Waals surface area contributed by atoms with Crippen molar-refractivity contribution in [1.82, 2.24) is 4.90 Å². The lowest BCUT2D eigenvalue weighted by molar-refractivity contribution is -0.149. The van der Waals surface area contributed by atoms with Crippen LogP contribution in [0.1, 0.15) is 27.2 Å². The Morgan fingerprint density at radius 1 is 0.907 bits per heavy atom. The minimum atomic E-state index is -1.41. The molecule has 226 valence electrons. The molecule has 0 aromatic heterocycles. The summed E-state index contributed by atoms with van der Waals surface area (Å²) in [4.78, 5) is 48.9. The van der Waals surface area contributed by atoms with E-state index < -0.39 is 35.1 Å². The molecule has 2 fully saturated rings. The molecule has 0 bridgehead atoms. The molecule has 3 amide bonds. The lowest BCUT2D eigenvalue weighted by Gasteiger charge is -2.41. The van der Waals surface area contributed by atoms with E-state index >= 15 is 0 Å². The van der Waals surface area contributed by atoms with Crippen molar-refractivity contribution in [3.63, 3.8) is 0 Å². The van der Waals surface area contributed by atoms with Crippen molar-refractivity contribution in [2.24, 2.45) is 17.8 Å². The summed E-state index contributed by atoms with van der Waals surface area (Å²) in [5, 5.41) is 10.6. The highest BCUT2D eigenvalue weighted by Gasteiger charge is 2.75. The number of aliphatic hydroxyl groups excluding tert-OH is 1. The molecule has 9 heteroatoms. The number of hydrogen-bond acceptors (Lipinski definition) is 6. The van der Waals surface area contributed by atoms with E-state index in [4.69, 9.17) is 9.47 Å². The van der Waals surface area contributed by atoms with Crippen LogP contribution < -0.4 is 14.5 Å². The number of aliphatic hydroxyl groups is 1. The largest absolute Gasteiger partial charge is 0.497 e. The minimum absolute atomic E-state index is 0.101. The van der Waals surface area contributed by atoms with Crippen LogP contribution in [0.5, 0.6) is 5.75 Å². The molecule has 1 spiro atoms. The molecule has 4 aliphatic rings. The first kappa shape index (κ1) is 29.1. The molecule has 0 radical (unpaired) electrons. The summed E-state index contributed by atoms with van der Waals surface area (Å²) in [7, 11) is 1.58. The Morgan fingerprint density at radius 3 is 2.16 bits per heavy atom. The van der Waals surface area contributed by atoms with Crippen LogP contribution in [0.15, 0.2) is 78.9 Å². The van der Waals surface area contributed by atoms with Gasteiger partial charge in [-0.3, -0.25) is 14.4 Å². The van der Waals surface area contributed by atoms with Crippen molar-refractivity contribution < 1.29 is 29.0 Å². The number of anilines is 2. The summed E-state index contributed by atoms with van der Waals surface area (Å²) in [6.07, 6.45) is 8.17. The summed E-state index contributed by atoms with van der Waals surface area (Å²) in [6.45, 7) is 6.08. The second-order valence-electron chi connectivity index (χ2n) is 12.1. The van der Waals surface area contributed by atoms with Crippen molar-refractivity contribution in [1.29, 1.82) is 0 Å². The molecule has 1 N–H and O–H groups in total. The standard InChI is InChI=1S/C34H39N3O6/c1-5-22(2)26(21-38)37-29-32(41)36(24-13-15-25(42-4)16-14-24)20-10-18-34(29)28(31(37)40)27-30(39)35(23-11-7-6-8-12-23)19-9-17-33(27,3)43-34/h6-18,22,26-29,38H,5,19-21H2,1-4H3/t22-,26-,27+,28-,29?,33-,34-/m0/s1. The van der Waals surface area contributed by atoms with Gasteiger partial charge >= 0.3 is 0 Å². The number of likely N-dealkylation sites (tertiary alicyclic amines) is 1. The second kappa shape index (κ2) is 11.0. The average molecular weight is 586 g/mol. The maximum atomic E-state index is 14.8. The van der Waals surface area contributed by atoms with Gasteiger partial charge in [-0.05, 0) is 49.2 Å². The number of nitrogens with zero attached hydrogens (tertiary/aromatic N) is 3. The third-order valence-electron chi connectivity index (χ3n) is 9.79. The topological polar surface area (TPSA) is 99.6 Å². The number of methoxy groups -OCH3 is 1. The van der Waals surface area contributed by atoms with E-state index in [0.717, 1.165) is 5.69 Å². The maximum Gasteiger partial charge on any atom is 0.253 e. The smallest absolute Gasteiger partial charge is 0.253 e. The Bertz CT molecular complexity index is 1460. The Labute approximate surface area is 252 Å². The third kappa shape index (κ3) is 4.40. The van der Waals surface area contributed by atoms with Gasteiger partial charge in [0.1, 0.15) is 17.4 Å². The van der Waals surface area contributed by atoms with Gasteiger partial charge in [0.05, 0.1) is 37.2 Å². The van der Waals surface area contributed by atoms with Crippen molar-refractivity contribution >= 4 is 29.1 Å². The Morgan fingerprint density at radius 2 is 1.53 bits per heavy atom. The third-order valence-corrected chi connectivity index (χ3v) is 9.79. The van der Waals surface area contributed by atoms with Gasteiger partial charge in [0, 0.05) is 24.5 Å². The predicted molar refractivity (Wildman–Crippen MR) is 163 cm³/mol. The molecular weight excluding hydrogens is 546 g/mol. The average Bonchev–Trinajstić information content (AvgIpc) is 3.29. The van der Waals surface area contributed by atoms with Crippen molar-refractivity contribution in [3.05, 3.63) is 78.9 Å². The zero-order chi connectivity index (χ0) is 30.5. The highest BCUT2D eigenvalue weighted by Crippen LogP contribution is 2.58. The van der Waals surface area contributed by atoms with Crippen LogP contribution in [0.2, 0.25) is 0 Å². The molecule has 7 atom stereocenters. The van der Waals surface area contributed by atoms with Crippen molar-refractivity contribution in [3.8, 4) is 5.75 Å². The van der Waals surface area contributed by atoms with Gasteiger partial charge in [0.2, 0.25) is 11.8 Å². The van der Waals surface area contributed by atoms with Crippen molar-refractivity contribution in [2.75, 3.05) is 36.6 Å². The number of amides is 3.